The molecule has 0 amide bonds. The molecule has 4 aromatic rings. The van der Waals surface area contributed by atoms with Crippen molar-refractivity contribution in [2.45, 2.75) is 25.7 Å². The Bertz CT molecular complexity index is 1100. The maximum absolute atomic E-state index is 10.9. The zero-order valence-corrected chi connectivity index (χ0v) is 17.5. The predicted molar refractivity (Wildman–Crippen MR) is 122 cm³/mol. The molecule has 4 heteroatoms. The first kappa shape index (κ1) is 20.2. The molecule has 1 aromatic heterocycles. The normalized spacial score (nSPS) is 13.3. The number of rotatable bonds is 8. The molecule has 0 spiro atoms. The average molecular weight is 401 g/mol. The molecule has 2 N–H and O–H groups in total. The highest BCUT2D eigenvalue weighted by Gasteiger charge is 2.23. The Hall–Kier alpha value is -3.08. The molecule has 0 fully saturated rings. The van der Waals surface area contributed by atoms with Gasteiger partial charge in [-0.15, -0.1) is 0 Å². The molecule has 0 bridgehead atoms. The second-order valence-corrected chi connectivity index (χ2v) is 7.64. The third kappa shape index (κ3) is 4.25. The molecule has 0 aliphatic heterocycles. The van der Waals surface area contributed by atoms with Gasteiger partial charge in [0.05, 0.1) is 12.1 Å². The van der Waals surface area contributed by atoms with Crippen molar-refractivity contribution in [3.05, 3.63) is 102 Å². The van der Waals surface area contributed by atoms with Crippen LogP contribution in [0.4, 0.5) is 0 Å². The molecular weight excluding hydrogens is 372 g/mol. The van der Waals surface area contributed by atoms with E-state index in [2.05, 4.69) is 59.3 Å². The van der Waals surface area contributed by atoms with Crippen molar-refractivity contribution in [1.82, 2.24) is 9.88 Å². The number of aliphatic hydroxyl groups excluding tert-OH is 1. The largest absolute Gasteiger partial charge is 0.489 e. The molecule has 0 radical (unpaired) electrons. The molecule has 2 unspecified atom stereocenters. The van der Waals surface area contributed by atoms with E-state index in [0.29, 0.717) is 13.2 Å². The summed E-state index contributed by atoms with van der Waals surface area (Å²) in [4.78, 5) is 0. The van der Waals surface area contributed by atoms with Crippen LogP contribution in [-0.4, -0.2) is 29.4 Å². The van der Waals surface area contributed by atoms with Gasteiger partial charge in [0.2, 0.25) is 0 Å². The summed E-state index contributed by atoms with van der Waals surface area (Å²) in [6.07, 6.45) is 1.50. The zero-order chi connectivity index (χ0) is 20.9. The molecule has 30 heavy (non-hydrogen) atoms. The highest BCUT2D eigenvalue weighted by molar-refractivity contribution is 5.82. The van der Waals surface area contributed by atoms with Crippen molar-refractivity contribution in [1.29, 1.82) is 0 Å². The topological polar surface area (TPSA) is 46.4 Å². The number of aliphatic hydroxyl groups is 1. The SMILES string of the molecule is CNCC(O)C(c1ccccc1)n1ccc2cc(OCc3ccccc3C)ccc21. The Labute approximate surface area is 177 Å². The second-order valence-electron chi connectivity index (χ2n) is 7.64. The van der Waals surface area contributed by atoms with E-state index in [1.165, 1.54) is 11.1 Å². The van der Waals surface area contributed by atoms with E-state index in [0.717, 1.165) is 22.2 Å². The molecule has 0 saturated carbocycles. The first-order valence-corrected chi connectivity index (χ1v) is 10.3. The van der Waals surface area contributed by atoms with Gasteiger partial charge in [-0.3, -0.25) is 0 Å². The Morgan fingerprint density at radius 3 is 2.50 bits per heavy atom. The number of aryl methyl sites for hydroxylation is 1. The van der Waals surface area contributed by atoms with Crippen LogP contribution < -0.4 is 10.1 Å². The maximum atomic E-state index is 10.9. The van der Waals surface area contributed by atoms with Crippen molar-refractivity contribution in [3.8, 4) is 5.75 Å². The molecule has 2 atom stereocenters. The highest BCUT2D eigenvalue weighted by Crippen LogP contribution is 2.30. The fourth-order valence-electron chi connectivity index (χ4n) is 3.95. The van der Waals surface area contributed by atoms with Crippen molar-refractivity contribution in [3.63, 3.8) is 0 Å². The summed E-state index contributed by atoms with van der Waals surface area (Å²) < 4.78 is 8.20. The molecule has 0 aliphatic rings. The first-order valence-electron chi connectivity index (χ1n) is 10.3. The van der Waals surface area contributed by atoms with Gasteiger partial charge in [-0.25, -0.2) is 0 Å². The molecule has 4 nitrogen and oxygen atoms in total. The molecule has 0 aliphatic carbocycles. The number of nitrogens with zero attached hydrogens (tertiary/aromatic N) is 1. The highest BCUT2D eigenvalue weighted by atomic mass is 16.5. The molecule has 1 heterocycles. The van der Waals surface area contributed by atoms with Gasteiger partial charge in [-0.05, 0) is 54.9 Å². The van der Waals surface area contributed by atoms with Crippen molar-refractivity contribution in [2.24, 2.45) is 0 Å². The quantitative estimate of drug-likeness (QED) is 0.451. The van der Waals surface area contributed by atoms with Crippen LogP contribution >= 0.6 is 0 Å². The third-order valence-corrected chi connectivity index (χ3v) is 5.57. The molecule has 154 valence electrons. The average Bonchev–Trinajstić information content (AvgIpc) is 3.17. The summed E-state index contributed by atoms with van der Waals surface area (Å²) in [5, 5.41) is 15.1. The number of fused-ring (bicyclic) bond motifs is 1. The van der Waals surface area contributed by atoms with Crippen molar-refractivity contribution in [2.75, 3.05) is 13.6 Å². The van der Waals surface area contributed by atoms with Crippen LogP contribution in [0, 0.1) is 6.92 Å². The van der Waals surface area contributed by atoms with Gasteiger partial charge in [0.1, 0.15) is 12.4 Å². The van der Waals surface area contributed by atoms with Crippen LogP contribution in [0.1, 0.15) is 22.7 Å². The Kier molecular flexibility index (Phi) is 6.17. The molecular formula is C26H28N2O2. The number of nitrogens with one attached hydrogen (secondary N) is 1. The summed E-state index contributed by atoms with van der Waals surface area (Å²) in [5.41, 5.74) is 4.57. The smallest absolute Gasteiger partial charge is 0.120 e. The fourth-order valence-corrected chi connectivity index (χ4v) is 3.95. The van der Waals surface area contributed by atoms with Crippen LogP contribution in [0.2, 0.25) is 0 Å². The number of ether oxygens (including phenoxy) is 1. The predicted octanol–water partition coefficient (Wildman–Crippen LogP) is 4.70. The number of hydrogen-bond acceptors (Lipinski definition) is 3. The standard InChI is InChI=1S/C26H28N2O2/c1-19-8-6-7-11-22(19)18-30-23-12-13-24-21(16-23)14-15-28(24)26(25(29)17-27-2)20-9-4-3-5-10-20/h3-16,25-27,29H,17-18H2,1-2H3. The van der Waals surface area contributed by atoms with E-state index < -0.39 is 6.10 Å². The molecule has 0 saturated heterocycles. The van der Waals surface area contributed by atoms with E-state index in [-0.39, 0.29) is 6.04 Å². The summed E-state index contributed by atoms with van der Waals surface area (Å²) in [6, 6.07) is 26.5. The fraction of sp³-hybridized carbons (Fsp3) is 0.231. The van der Waals surface area contributed by atoms with Gasteiger partial charge in [-0.1, -0.05) is 54.6 Å². The zero-order valence-electron chi connectivity index (χ0n) is 17.5. The third-order valence-electron chi connectivity index (χ3n) is 5.57. The van der Waals surface area contributed by atoms with Crippen LogP contribution in [0.15, 0.2) is 85.1 Å². The minimum absolute atomic E-state index is 0.171. The molecule has 3 aromatic carbocycles. The number of hydrogen-bond donors (Lipinski definition) is 2. The van der Waals surface area contributed by atoms with E-state index in [1.807, 2.05) is 49.6 Å². The monoisotopic (exact) mass is 400 g/mol. The number of aromatic nitrogens is 1. The first-order chi connectivity index (χ1) is 14.7. The lowest BCUT2D eigenvalue weighted by atomic mass is 10.0. The lowest BCUT2D eigenvalue weighted by molar-refractivity contribution is 0.132. The minimum atomic E-state index is -0.551. The number of likely N-dealkylation sites (N-methyl/N-ethyl adjacent to an activating group) is 1. The van der Waals surface area contributed by atoms with Gasteiger partial charge < -0.3 is 19.7 Å². The number of benzene rings is 3. The van der Waals surface area contributed by atoms with E-state index >= 15 is 0 Å². The van der Waals surface area contributed by atoms with Crippen molar-refractivity contribution < 1.29 is 9.84 Å². The maximum Gasteiger partial charge on any atom is 0.120 e. The van der Waals surface area contributed by atoms with Gasteiger partial charge in [-0.2, -0.15) is 0 Å². The van der Waals surface area contributed by atoms with Crippen LogP contribution in [0.5, 0.6) is 5.75 Å². The summed E-state index contributed by atoms with van der Waals surface area (Å²) >= 11 is 0. The van der Waals surface area contributed by atoms with Gasteiger partial charge >= 0.3 is 0 Å². The Balaban J connectivity index is 1.62. The van der Waals surface area contributed by atoms with Gasteiger partial charge in [0.15, 0.2) is 0 Å². The van der Waals surface area contributed by atoms with E-state index in [4.69, 9.17) is 4.74 Å². The van der Waals surface area contributed by atoms with Crippen molar-refractivity contribution >= 4 is 10.9 Å². The Morgan fingerprint density at radius 1 is 0.967 bits per heavy atom. The van der Waals surface area contributed by atoms with Crippen LogP contribution in [-0.2, 0) is 6.61 Å². The van der Waals surface area contributed by atoms with Gasteiger partial charge in [0.25, 0.3) is 0 Å². The Morgan fingerprint density at radius 2 is 1.73 bits per heavy atom. The lowest BCUT2D eigenvalue weighted by Gasteiger charge is -2.26. The van der Waals surface area contributed by atoms with Crippen LogP contribution in [0.25, 0.3) is 10.9 Å². The van der Waals surface area contributed by atoms with E-state index in [9.17, 15) is 5.11 Å². The lowest BCUT2D eigenvalue weighted by Crippen LogP contribution is -2.33. The minimum Gasteiger partial charge on any atom is -0.489 e. The second kappa shape index (κ2) is 9.16. The van der Waals surface area contributed by atoms with Crippen LogP contribution in [0.3, 0.4) is 0 Å². The summed E-state index contributed by atoms with van der Waals surface area (Å²) in [7, 11) is 1.86. The molecule has 4 rings (SSSR count). The van der Waals surface area contributed by atoms with E-state index in [1.54, 1.807) is 0 Å². The van der Waals surface area contributed by atoms with Gasteiger partial charge in [0, 0.05) is 23.6 Å². The summed E-state index contributed by atoms with van der Waals surface area (Å²) in [5.74, 6) is 0.843. The summed E-state index contributed by atoms with van der Waals surface area (Å²) in [6.45, 7) is 3.16.